The van der Waals surface area contributed by atoms with E-state index in [-0.39, 0.29) is 4.90 Å². The van der Waals surface area contributed by atoms with Crippen molar-refractivity contribution in [3.05, 3.63) is 119 Å². The Kier molecular flexibility index (Phi) is 5.38. The molecule has 0 unspecified atom stereocenters. The highest BCUT2D eigenvalue weighted by atomic mass is 35.5. The summed E-state index contributed by atoms with van der Waals surface area (Å²) in [5.74, 6) is 0. The van der Waals surface area contributed by atoms with E-state index in [4.69, 9.17) is 11.6 Å². The van der Waals surface area contributed by atoms with E-state index in [1.807, 2.05) is 72.8 Å². The molecule has 0 aliphatic heterocycles. The molecule has 0 saturated carbocycles. The zero-order chi connectivity index (χ0) is 20.3. The van der Waals surface area contributed by atoms with Gasteiger partial charge in [0.2, 0.25) is 0 Å². The summed E-state index contributed by atoms with van der Waals surface area (Å²) in [6.07, 6.45) is 1.56. The van der Waals surface area contributed by atoms with Gasteiger partial charge >= 0.3 is 0 Å². The Bertz CT molecular complexity index is 1230. The lowest BCUT2D eigenvalue weighted by Crippen LogP contribution is -2.18. The molecule has 0 fully saturated rings. The van der Waals surface area contributed by atoms with Crippen LogP contribution < -0.4 is 4.72 Å². The van der Waals surface area contributed by atoms with Crippen LogP contribution in [0.3, 0.4) is 0 Å². The molecule has 0 aromatic heterocycles. The fraction of sp³-hybridized carbons (Fsp3) is 0. The van der Waals surface area contributed by atoms with Crippen molar-refractivity contribution in [1.82, 2.24) is 4.72 Å². The van der Waals surface area contributed by atoms with Crippen LogP contribution in [-0.4, -0.2) is 8.42 Å². The molecule has 4 rings (SSSR count). The molecular formula is C24H18ClNO2S. The molecule has 29 heavy (non-hydrogen) atoms. The number of sulfonamides is 1. The van der Waals surface area contributed by atoms with E-state index >= 15 is 0 Å². The Morgan fingerprint density at radius 2 is 1.41 bits per heavy atom. The molecule has 2 aromatic carbocycles. The van der Waals surface area contributed by atoms with Gasteiger partial charge in [0.15, 0.2) is 0 Å². The molecule has 1 N–H and O–H groups in total. The highest BCUT2D eigenvalue weighted by molar-refractivity contribution is 7.89. The molecule has 0 saturated heterocycles. The van der Waals surface area contributed by atoms with Crippen molar-refractivity contribution in [1.29, 1.82) is 0 Å². The second-order valence-corrected chi connectivity index (χ2v) is 8.68. The van der Waals surface area contributed by atoms with E-state index in [0.717, 1.165) is 27.8 Å². The lowest BCUT2D eigenvalue weighted by atomic mass is 9.97. The van der Waals surface area contributed by atoms with Gasteiger partial charge in [0.25, 0.3) is 10.0 Å². The third-order valence-corrected chi connectivity index (χ3v) is 6.22. The molecule has 0 spiro atoms. The first kappa shape index (κ1) is 19.2. The predicted molar refractivity (Wildman–Crippen MR) is 118 cm³/mol. The minimum atomic E-state index is -3.72. The molecule has 0 radical (unpaired) electrons. The molecule has 3 nitrogen and oxygen atoms in total. The van der Waals surface area contributed by atoms with Crippen molar-refractivity contribution in [3.8, 4) is 11.1 Å². The average Bonchev–Trinajstić information content (AvgIpc) is 2.97. The number of benzene rings is 2. The largest absolute Gasteiger partial charge is 0.286 e. The lowest BCUT2D eigenvalue weighted by Gasteiger charge is -2.11. The van der Waals surface area contributed by atoms with Crippen molar-refractivity contribution >= 4 is 27.2 Å². The Morgan fingerprint density at radius 1 is 0.759 bits per heavy atom. The highest BCUT2D eigenvalue weighted by Crippen LogP contribution is 2.35. The summed E-state index contributed by atoms with van der Waals surface area (Å²) in [4.78, 5) is 0.157. The van der Waals surface area contributed by atoms with E-state index in [1.165, 1.54) is 12.1 Å². The molecule has 144 valence electrons. The van der Waals surface area contributed by atoms with Crippen molar-refractivity contribution in [3.63, 3.8) is 0 Å². The van der Waals surface area contributed by atoms with Gasteiger partial charge in [-0.15, -0.1) is 0 Å². The maximum Gasteiger partial charge on any atom is 0.261 e. The fourth-order valence-electron chi connectivity index (χ4n) is 3.20. The van der Waals surface area contributed by atoms with E-state index in [0.29, 0.717) is 5.02 Å². The van der Waals surface area contributed by atoms with Crippen molar-refractivity contribution in [2.75, 3.05) is 0 Å². The number of rotatable bonds is 5. The third kappa shape index (κ3) is 4.19. The van der Waals surface area contributed by atoms with Crippen molar-refractivity contribution < 1.29 is 8.42 Å². The normalized spacial score (nSPS) is 12.1. The smallest absolute Gasteiger partial charge is 0.261 e. The highest BCUT2D eigenvalue weighted by Gasteiger charge is 2.16. The Labute approximate surface area is 175 Å². The van der Waals surface area contributed by atoms with E-state index < -0.39 is 10.0 Å². The van der Waals surface area contributed by atoms with Gasteiger partial charge in [-0.2, -0.15) is 0 Å². The predicted octanol–water partition coefficient (Wildman–Crippen LogP) is 5.81. The quantitative estimate of drug-likeness (QED) is 0.443. The standard InChI is InChI=1S/C24H18ClNO2S/c25-20-12-14-21(15-13-20)29(27,28)26-17-24(18-7-3-1-4-8-18)23-16-11-19-9-5-2-6-10-22(19)23/h1-17,26H. The van der Waals surface area contributed by atoms with Gasteiger partial charge in [0, 0.05) is 16.8 Å². The Hall–Kier alpha value is -3.08. The molecule has 0 atom stereocenters. The summed E-state index contributed by atoms with van der Waals surface area (Å²) in [5.41, 5.74) is 4.82. The number of fused-ring (bicyclic) bond motifs is 1. The second-order valence-electron chi connectivity index (χ2n) is 6.53. The topological polar surface area (TPSA) is 46.2 Å². The molecule has 0 heterocycles. The van der Waals surface area contributed by atoms with E-state index in [2.05, 4.69) is 4.72 Å². The zero-order valence-corrected chi connectivity index (χ0v) is 17.0. The summed E-state index contributed by atoms with van der Waals surface area (Å²) in [6, 6.07) is 29.9. The van der Waals surface area contributed by atoms with Crippen LogP contribution in [0, 0.1) is 0 Å². The summed E-state index contributed by atoms with van der Waals surface area (Å²) in [5, 5.41) is 0.487. The maximum absolute atomic E-state index is 12.8. The molecule has 0 bridgehead atoms. The van der Waals surface area contributed by atoms with E-state index in [9.17, 15) is 8.42 Å². The number of hydrogen-bond donors (Lipinski definition) is 1. The number of hydrogen-bond acceptors (Lipinski definition) is 2. The van der Waals surface area contributed by atoms with Gasteiger partial charge in [-0.3, -0.25) is 4.72 Å². The maximum atomic E-state index is 12.8. The van der Waals surface area contributed by atoms with Crippen LogP contribution in [0.5, 0.6) is 0 Å². The van der Waals surface area contributed by atoms with Crippen LogP contribution in [-0.2, 0) is 10.0 Å². The lowest BCUT2D eigenvalue weighted by molar-refractivity contribution is 0.590. The molecule has 2 aliphatic carbocycles. The molecule has 5 heteroatoms. The van der Waals surface area contributed by atoms with Gasteiger partial charge in [-0.25, -0.2) is 8.42 Å². The van der Waals surface area contributed by atoms with Crippen LogP contribution in [0.15, 0.2) is 108 Å². The summed E-state index contributed by atoms with van der Waals surface area (Å²) in [6.45, 7) is 0. The molecule has 0 amide bonds. The van der Waals surface area contributed by atoms with Crippen LogP contribution in [0.1, 0.15) is 11.1 Å². The van der Waals surface area contributed by atoms with Crippen LogP contribution in [0.4, 0.5) is 0 Å². The van der Waals surface area contributed by atoms with Gasteiger partial charge in [0.1, 0.15) is 0 Å². The molecular weight excluding hydrogens is 402 g/mol. The fourth-order valence-corrected chi connectivity index (χ4v) is 4.23. The minimum absolute atomic E-state index is 0.157. The second kappa shape index (κ2) is 8.11. The third-order valence-electron chi connectivity index (χ3n) is 4.65. The van der Waals surface area contributed by atoms with Crippen LogP contribution in [0.2, 0.25) is 5.02 Å². The first-order valence-electron chi connectivity index (χ1n) is 9.06. The van der Waals surface area contributed by atoms with Gasteiger partial charge in [-0.05, 0) is 46.5 Å². The number of nitrogens with one attached hydrogen (secondary N) is 1. The Morgan fingerprint density at radius 3 is 2.14 bits per heavy atom. The molecule has 2 aliphatic rings. The van der Waals surface area contributed by atoms with Crippen molar-refractivity contribution in [2.24, 2.45) is 0 Å². The first-order valence-corrected chi connectivity index (χ1v) is 10.9. The average molecular weight is 420 g/mol. The summed E-state index contributed by atoms with van der Waals surface area (Å²) in [7, 11) is -3.72. The number of halogens is 1. The SMILES string of the molecule is O=S(=O)(NC=C(c1ccccc1)c1ccc2cccccc1-2)c1ccc(Cl)cc1. The summed E-state index contributed by atoms with van der Waals surface area (Å²) >= 11 is 5.88. The van der Waals surface area contributed by atoms with E-state index in [1.54, 1.807) is 18.3 Å². The monoisotopic (exact) mass is 419 g/mol. The zero-order valence-electron chi connectivity index (χ0n) is 15.4. The van der Waals surface area contributed by atoms with Gasteiger partial charge < -0.3 is 0 Å². The molecule has 2 aromatic rings. The Balaban J connectivity index is 1.79. The van der Waals surface area contributed by atoms with Crippen LogP contribution >= 0.6 is 11.6 Å². The van der Waals surface area contributed by atoms with Gasteiger partial charge in [0.05, 0.1) is 4.90 Å². The van der Waals surface area contributed by atoms with Crippen molar-refractivity contribution in [2.45, 2.75) is 4.90 Å². The minimum Gasteiger partial charge on any atom is -0.286 e. The van der Waals surface area contributed by atoms with Crippen LogP contribution in [0.25, 0.3) is 16.7 Å². The first-order chi connectivity index (χ1) is 14.0. The summed E-state index contributed by atoms with van der Waals surface area (Å²) < 4.78 is 28.1. The van der Waals surface area contributed by atoms with Gasteiger partial charge in [-0.1, -0.05) is 84.4 Å².